The van der Waals surface area contributed by atoms with Crippen LogP contribution in [0, 0.1) is 58.7 Å². The monoisotopic (exact) mass is 1930 g/mol. The number of pyridine rings is 3. The van der Waals surface area contributed by atoms with Crippen molar-refractivity contribution in [3.8, 4) is 17.2 Å². The smallest absolute Gasteiger partial charge is 0.315 e. The van der Waals surface area contributed by atoms with Gasteiger partial charge < -0.3 is 35.3 Å². The molecule has 135 heavy (non-hydrogen) atoms. The first-order chi connectivity index (χ1) is 62.5. The second kappa shape index (κ2) is 50.0. The number of halogens is 1. The fraction of sp³-hybridized carbons (Fsp3) is 0.435. The molecule has 730 valence electrons. The third kappa shape index (κ3) is 41.9. The maximum absolute atomic E-state index is 13.3. The Bertz CT molecular complexity index is 6020. The van der Waals surface area contributed by atoms with E-state index in [1.165, 1.54) is 27.3 Å². The number of amides is 3. The van der Waals surface area contributed by atoms with Gasteiger partial charge in [-0.1, -0.05) is 274 Å². The number of rotatable bonds is 22. The molecule has 0 unspecified atom stereocenters. The summed E-state index contributed by atoms with van der Waals surface area (Å²) in [6.07, 6.45) is 10.2. The maximum atomic E-state index is 13.3. The zero-order chi connectivity index (χ0) is 101. The van der Waals surface area contributed by atoms with Crippen LogP contribution in [-0.2, 0) is 45.0 Å². The predicted molar refractivity (Wildman–Crippen MR) is 562 cm³/mol. The van der Waals surface area contributed by atoms with Gasteiger partial charge in [0.25, 0.3) is 21.5 Å². The average molecular weight is 1940 g/mol. The number of thiocarbonyl (C=S) groups is 1. The number of aryl methyl sites for hydroxylation is 4. The number of Topliss-reactive ketones (excluding diaryl/α,β-unsaturated/α-hetero) is 1. The van der Waals surface area contributed by atoms with E-state index in [0.29, 0.717) is 72.3 Å². The molecule has 0 spiro atoms. The molecule has 6 N–H and O–H groups in total. The summed E-state index contributed by atoms with van der Waals surface area (Å²) in [7, 11) is -5.09. The lowest BCUT2D eigenvalue weighted by Gasteiger charge is -2.23. The van der Waals surface area contributed by atoms with Crippen molar-refractivity contribution in [2.75, 3.05) is 39.8 Å². The molecule has 0 aliphatic heterocycles. The molecule has 0 aliphatic rings. The van der Waals surface area contributed by atoms with Crippen LogP contribution in [-0.4, -0.2) is 109 Å². The first-order valence-corrected chi connectivity index (χ1v) is 50.3. The molecule has 22 nitrogen and oxygen atoms in total. The number of ketones is 1. The molecule has 6 heterocycles. The Morgan fingerprint density at radius 1 is 0.556 bits per heavy atom. The number of benzene rings is 6. The number of aromatic nitrogens is 5. The van der Waals surface area contributed by atoms with Crippen LogP contribution < -0.4 is 41.0 Å². The van der Waals surface area contributed by atoms with Crippen LogP contribution >= 0.6 is 35.2 Å². The van der Waals surface area contributed by atoms with E-state index < -0.39 is 20.0 Å². The van der Waals surface area contributed by atoms with Crippen molar-refractivity contribution in [1.82, 2.24) is 60.3 Å². The van der Waals surface area contributed by atoms with Gasteiger partial charge in [-0.2, -0.15) is 9.78 Å². The lowest BCUT2D eigenvalue weighted by molar-refractivity contribution is 0.0779. The number of urea groups is 1. The second-order valence-corrected chi connectivity index (χ2v) is 48.5. The number of nitrogens with one attached hydrogen (secondary N) is 6. The molecule has 12 aromatic rings. The number of sulfonamides is 2. The predicted octanol–water partition coefficient (Wildman–Crippen LogP) is 24.9. The molecular formula is C108H147ClN12O10S4. The summed E-state index contributed by atoms with van der Waals surface area (Å²) in [6.45, 7) is 60.4. The maximum Gasteiger partial charge on any atom is 0.315 e. The van der Waals surface area contributed by atoms with E-state index in [9.17, 15) is 36.0 Å². The first-order valence-electron chi connectivity index (χ1n) is 45.7. The van der Waals surface area contributed by atoms with Crippen molar-refractivity contribution in [2.24, 2.45) is 37.9 Å². The Morgan fingerprint density at radius 2 is 1.16 bits per heavy atom. The summed E-state index contributed by atoms with van der Waals surface area (Å²) in [5.74, 6) is 2.31. The summed E-state index contributed by atoms with van der Waals surface area (Å²) in [5, 5.41) is 23.0. The third-order valence-corrected chi connectivity index (χ3v) is 24.2. The Morgan fingerprint density at radius 3 is 1.73 bits per heavy atom. The van der Waals surface area contributed by atoms with E-state index in [1.54, 1.807) is 90.4 Å². The van der Waals surface area contributed by atoms with Gasteiger partial charge >= 0.3 is 6.03 Å². The van der Waals surface area contributed by atoms with Gasteiger partial charge in [0.15, 0.2) is 15.9 Å². The molecule has 0 bridgehead atoms. The van der Waals surface area contributed by atoms with Crippen LogP contribution in [0.25, 0.3) is 37.5 Å². The van der Waals surface area contributed by atoms with Gasteiger partial charge in [0.05, 0.1) is 44.7 Å². The molecule has 0 atom stereocenters. The van der Waals surface area contributed by atoms with Gasteiger partial charge in [0.2, 0.25) is 10.0 Å². The molecule has 6 aromatic heterocycles. The van der Waals surface area contributed by atoms with Crippen LogP contribution in [0.15, 0.2) is 231 Å². The number of hydrogen-bond acceptors (Lipinski definition) is 16. The summed E-state index contributed by atoms with van der Waals surface area (Å²) in [4.78, 5) is 63.3. The van der Waals surface area contributed by atoms with Crippen molar-refractivity contribution in [3.63, 3.8) is 0 Å². The zero-order valence-corrected chi connectivity index (χ0v) is 88.8. The molecule has 0 radical (unpaired) electrons. The molecule has 3 amide bonds. The lowest BCUT2D eigenvalue weighted by Crippen LogP contribution is -2.39. The van der Waals surface area contributed by atoms with E-state index in [4.69, 9.17) is 33.0 Å². The molecule has 0 aliphatic carbocycles. The number of nitrogens with zero attached hydrogens (tertiary/aromatic N) is 6. The quantitative estimate of drug-likeness (QED) is 0.0209. The van der Waals surface area contributed by atoms with Gasteiger partial charge in [-0.25, -0.2) is 36.1 Å². The van der Waals surface area contributed by atoms with Crippen LogP contribution in [0.2, 0.25) is 5.15 Å². The van der Waals surface area contributed by atoms with Gasteiger partial charge in [0.1, 0.15) is 28.0 Å². The van der Waals surface area contributed by atoms with Crippen molar-refractivity contribution < 1.29 is 40.4 Å². The number of carbonyl (C=O) groups is 3. The van der Waals surface area contributed by atoms with Gasteiger partial charge in [-0.05, 0) is 214 Å². The number of hydrogen-bond donors (Lipinski definition) is 6. The van der Waals surface area contributed by atoms with Crippen LogP contribution in [0.4, 0.5) is 4.79 Å². The van der Waals surface area contributed by atoms with Crippen LogP contribution in [0.5, 0.6) is 11.5 Å². The van der Waals surface area contributed by atoms with E-state index in [-0.39, 0.29) is 76.8 Å². The standard InChI is InChI=1S/C25H27NO3S.C24H30N2O.C13H20N2S.C12H19N3O.C12H19NO2S.C11H17ClN2O2S.C11H15NO/c1-16-22(24(27)26(5)13-12-25(2,3)4)19-10-9-18(15-21(19)28-16)29-20-8-6-7-17-11-14-30-23(17)20;1-23(2,3)15-14-17-8-7-9-18-16-25-26(22(27)21(17)18)20-12-10-19(11-13-20)24(4,5)6;1-13(2,3)10-15-12(16)14-9-11-7-5-4-6-8-11;1-12(2,3)9-15-11(16)14-8-10-6-4-5-7-13-10;1-10-5-7-11(8-6-10)16(14,15)13-9-12(2,3)4;1-8-5-9(12)14-10(6-8)17(15,16)13-7-11(2,3)4;1-11(2,3)7-10(13)9-5-4-6-12-8-9/h6-11,14-15H,12-13H2,1-5H3;7-13,16H,14-15H2,1-6H3;4-8H,9-10H2,1-3H3,(H2,14,15,16);4-7H,8-9H2,1-3H3,(H2,14,15,16);5-8,13H,9H2,1-4H3;5-6,13H,7H2,1-4H3;4-6,8H,7H2,1-3H3. The fourth-order valence-electron chi connectivity index (χ4n) is 12.4. The van der Waals surface area contributed by atoms with Crippen LogP contribution in [0.3, 0.4) is 0 Å². The number of carbonyl (C=O) groups excluding carboxylic acids is 3. The Balaban J connectivity index is 0.000000247. The SMILES string of the molecule is CC(C)(C)CC(=O)c1cccnc1.CC(C)(C)CCc1cccc2cnn(-c3ccc(C(C)(C)C)cc3)c(=O)c12.CC(C)(C)CNC(=O)NCc1ccccn1.CC(C)(C)CNC(=S)NCc1ccccc1.Cc1cc(Cl)nc(S(=O)(=O)NCC(C)(C)C)c1.Cc1ccc(S(=O)(=O)NCC(C)(C)C)cc1.Cc1oc2cc(Oc3cccc4ccsc34)ccc2c1C(=O)N(C)CCC(C)(C)C. The minimum Gasteiger partial charge on any atom is -0.460 e. The van der Waals surface area contributed by atoms with Crippen molar-refractivity contribution >= 4 is 110 Å². The Hall–Kier alpha value is -10.6. The summed E-state index contributed by atoms with van der Waals surface area (Å²) in [6, 6.07) is 57.3. The van der Waals surface area contributed by atoms with E-state index >= 15 is 0 Å². The zero-order valence-electron chi connectivity index (χ0n) is 84.8. The van der Waals surface area contributed by atoms with Crippen molar-refractivity contribution in [3.05, 3.63) is 278 Å². The van der Waals surface area contributed by atoms with E-state index in [0.717, 1.165) is 92.1 Å². The molecule has 0 saturated heterocycles. The summed E-state index contributed by atoms with van der Waals surface area (Å²) in [5.41, 5.74) is 9.74. The topological polar surface area (TPSA) is 291 Å². The van der Waals surface area contributed by atoms with Crippen LogP contribution in [0.1, 0.15) is 245 Å². The fourth-order valence-corrected chi connectivity index (χ4v) is 16.3. The van der Waals surface area contributed by atoms with Crippen molar-refractivity contribution in [2.45, 2.75) is 241 Å². The summed E-state index contributed by atoms with van der Waals surface area (Å²) >= 11 is 12.6. The second-order valence-electron chi connectivity index (χ2n) is 43.3. The molecule has 12 rings (SSSR count). The largest absolute Gasteiger partial charge is 0.460 e. The molecular weight excluding hydrogens is 1790 g/mol. The molecule has 0 saturated carbocycles. The van der Waals surface area contributed by atoms with Gasteiger partial charge in [0, 0.05) is 93.7 Å². The highest BCUT2D eigenvalue weighted by Gasteiger charge is 2.27. The lowest BCUT2D eigenvalue weighted by atomic mass is 9.87. The Labute approximate surface area is 818 Å². The number of fused-ring (bicyclic) bond motifs is 3. The third-order valence-electron chi connectivity index (χ3n) is 20.1. The molecule has 6 aromatic carbocycles. The molecule has 27 heteroatoms. The van der Waals surface area contributed by atoms with E-state index in [1.807, 2.05) is 153 Å². The molecule has 0 fully saturated rings. The van der Waals surface area contributed by atoms with Crippen molar-refractivity contribution in [1.29, 1.82) is 0 Å². The van der Waals surface area contributed by atoms with Gasteiger partial charge in [-0.15, -0.1) is 11.3 Å². The van der Waals surface area contributed by atoms with Gasteiger partial charge in [-0.3, -0.25) is 24.4 Å². The normalized spacial score (nSPS) is 11.9. The average Bonchev–Trinajstić information content (AvgIpc) is 1.75. The number of thiophene rings is 1. The minimum absolute atomic E-state index is 0.00692. The number of ether oxygens (including phenoxy) is 1. The highest BCUT2D eigenvalue weighted by molar-refractivity contribution is 7.89. The minimum atomic E-state index is -3.58. The van der Waals surface area contributed by atoms with E-state index in [2.05, 4.69) is 223 Å². The number of furan rings is 1. The highest BCUT2D eigenvalue weighted by Crippen LogP contribution is 2.37. The summed E-state index contributed by atoms with van der Waals surface area (Å²) < 4.78 is 67.5. The first kappa shape index (κ1) is 113. The Kier molecular flexibility index (Phi) is 41.9. The highest BCUT2D eigenvalue weighted by atomic mass is 35.5.